The van der Waals surface area contributed by atoms with Gasteiger partial charge in [0.25, 0.3) is 0 Å². The molecule has 18 heavy (non-hydrogen) atoms. The Hall–Kier alpha value is -1.06. The van der Waals surface area contributed by atoms with E-state index in [4.69, 9.17) is 4.74 Å². The monoisotopic (exact) mass is 249 g/mol. The second-order valence-corrected chi connectivity index (χ2v) is 5.03. The summed E-state index contributed by atoms with van der Waals surface area (Å²) in [4.78, 5) is 0. The van der Waals surface area contributed by atoms with Gasteiger partial charge in [0.05, 0.1) is 7.11 Å². The van der Waals surface area contributed by atoms with Crippen LogP contribution in [-0.4, -0.2) is 24.9 Å². The highest BCUT2D eigenvalue weighted by molar-refractivity contribution is 5.33. The Labute approximate surface area is 109 Å². The molecule has 3 heteroatoms. The van der Waals surface area contributed by atoms with Crippen molar-refractivity contribution in [1.82, 2.24) is 5.32 Å². The van der Waals surface area contributed by atoms with Crippen LogP contribution in [0, 0.1) is 5.92 Å². The van der Waals surface area contributed by atoms with Crippen LogP contribution in [0.1, 0.15) is 31.2 Å². The second-order valence-electron chi connectivity index (χ2n) is 5.03. The zero-order valence-corrected chi connectivity index (χ0v) is 11.1. The molecule has 1 aliphatic rings. The van der Waals surface area contributed by atoms with Crippen LogP contribution in [-0.2, 0) is 6.54 Å². The number of rotatable bonds is 5. The van der Waals surface area contributed by atoms with Gasteiger partial charge in [-0.25, -0.2) is 0 Å². The first-order chi connectivity index (χ1) is 8.85. The number of ether oxygens (including phenoxy) is 1. The number of aliphatic hydroxyl groups is 1. The fraction of sp³-hybridized carbons (Fsp3) is 0.600. The Balaban J connectivity index is 1.93. The summed E-state index contributed by atoms with van der Waals surface area (Å²) in [6, 6.07) is 8.53. The van der Waals surface area contributed by atoms with Crippen LogP contribution >= 0.6 is 0 Å². The topological polar surface area (TPSA) is 41.5 Å². The van der Waals surface area contributed by atoms with Gasteiger partial charge < -0.3 is 15.2 Å². The van der Waals surface area contributed by atoms with Crippen molar-refractivity contribution in [2.45, 2.75) is 38.3 Å². The first-order valence-electron chi connectivity index (χ1n) is 6.81. The third-order valence-electron chi connectivity index (χ3n) is 3.89. The number of hydrogen-bond donors (Lipinski definition) is 2. The quantitative estimate of drug-likeness (QED) is 0.841. The molecule has 0 bridgehead atoms. The molecule has 0 heterocycles. The third kappa shape index (κ3) is 3.24. The maximum atomic E-state index is 9.39. The number of para-hydroxylation sites is 1. The van der Waals surface area contributed by atoms with Crippen molar-refractivity contribution in [2.24, 2.45) is 5.92 Å². The SMILES string of the molecule is COc1ccccc1CNC1CCCCC1CO. The Morgan fingerprint density at radius 1 is 1.28 bits per heavy atom. The van der Waals surface area contributed by atoms with Gasteiger partial charge in [-0.1, -0.05) is 31.0 Å². The van der Waals surface area contributed by atoms with Crippen molar-refractivity contribution in [3.8, 4) is 5.75 Å². The van der Waals surface area contributed by atoms with Crippen LogP contribution in [0.15, 0.2) is 24.3 Å². The lowest BCUT2D eigenvalue weighted by atomic mass is 9.85. The lowest BCUT2D eigenvalue weighted by molar-refractivity contribution is 0.152. The molecule has 0 aromatic heterocycles. The highest BCUT2D eigenvalue weighted by Gasteiger charge is 2.23. The van der Waals surface area contributed by atoms with E-state index >= 15 is 0 Å². The number of aliphatic hydroxyl groups excluding tert-OH is 1. The van der Waals surface area contributed by atoms with E-state index in [1.165, 1.54) is 24.8 Å². The molecule has 1 aliphatic carbocycles. The van der Waals surface area contributed by atoms with E-state index < -0.39 is 0 Å². The molecule has 1 fully saturated rings. The van der Waals surface area contributed by atoms with Gasteiger partial charge in [-0.2, -0.15) is 0 Å². The molecule has 1 aromatic rings. The Bertz CT molecular complexity index is 367. The maximum absolute atomic E-state index is 9.39. The Kier molecular flexibility index (Phi) is 5.02. The highest BCUT2D eigenvalue weighted by Crippen LogP contribution is 2.25. The summed E-state index contributed by atoms with van der Waals surface area (Å²) in [5, 5.41) is 13.0. The van der Waals surface area contributed by atoms with Crippen molar-refractivity contribution >= 4 is 0 Å². The van der Waals surface area contributed by atoms with E-state index in [9.17, 15) is 5.11 Å². The standard InChI is InChI=1S/C15H23NO2/c1-18-15-9-5-3-6-12(15)10-16-14-8-4-2-7-13(14)11-17/h3,5-6,9,13-14,16-17H,2,4,7-8,10-11H2,1H3. The van der Waals surface area contributed by atoms with E-state index in [2.05, 4.69) is 11.4 Å². The fourth-order valence-corrected chi connectivity index (χ4v) is 2.78. The molecule has 0 amide bonds. The summed E-state index contributed by atoms with van der Waals surface area (Å²) < 4.78 is 5.35. The van der Waals surface area contributed by atoms with Crippen molar-refractivity contribution in [3.05, 3.63) is 29.8 Å². The first kappa shape index (κ1) is 13.4. The van der Waals surface area contributed by atoms with Gasteiger partial charge in [-0.05, 0) is 24.8 Å². The molecular formula is C15H23NO2. The van der Waals surface area contributed by atoms with Crippen molar-refractivity contribution in [2.75, 3.05) is 13.7 Å². The van der Waals surface area contributed by atoms with Gasteiger partial charge in [0, 0.05) is 24.8 Å². The largest absolute Gasteiger partial charge is 0.496 e. The molecule has 3 nitrogen and oxygen atoms in total. The molecule has 2 atom stereocenters. The minimum atomic E-state index is 0.295. The molecular weight excluding hydrogens is 226 g/mol. The van der Waals surface area contributed by atoms with Gasteiger partial charge in [0.2, 0.25) is 0 Å². The summed E-state index contributed by atoms with van der Waals surface area (Å²) in [6.45, 7) is 1.11. The minimum Gasteiger partial charge on any atom is -0.496 e. The Morgan fingerprint density at radius 2 is 2.06 bits per heavy atom. The van der Waals surface area contributed by atoms with Crippen molar-refractivity contribution in [1.29, 1.82) is 0 Å². The lowest BCUT2D eigenvalue weighted by Gasteiger charge is -2.31. The number of methoxy groups -OCH3 is 1. The fourth-order valence-electron chi connectivity index (χ4n) is 2.78. The third-order valence-corrected chi connectivity index (χ3v) is 3.89. The molecule has 0 saturated heterocycles. The number of benzene rings is 1. The molecule has 2 N–H and O–H groups in total. The summed E-state index contributed by atoms with van der Waals surface area (Å²) in [5.74, 6) is 1.34. The number of nitrogens with one attached hydrogen (secondary N) is 1. The van der Waals surface area contributed by atoms with Crippen LogP contribution in [0.25, 0.3) is 0 Å². The minimum absolute atomic E-state index is 0.295. The van der Waals surface area contributed by atoms with Crippen molar-refractivity contribution < 1.29 is 9.84 Å². The number of hydrogen-bond acceptors (Lipinski definition) is 3. The summed E-state index contributed by atoms with van der Waals surface area (Å²) in [7, 11) is 1.70. The first-order valence-corrected chi connectivity index (χ1v) is 6.81. The van der Waals surface area contributed by atoms with E-state index in [1.54, 1.807) is 7.11 Å². The normalized spacial score (nSPS) is 23.9. The molecule has 100 valence electrons. The molecule has 0 radical (unpaired) electrons. The van der Waals surface area contributed by atoms with Gasteiger partial charge >= 0.3 is 0 Å². The van der Waals surface area contributed by atoms with Crippen molar-refractivity contribution in [3.63, 3.8) is 0 Å². The average Bonchev–Trinajstić information content (AvgIpc) is 2.45. The van der Waals surface area contributed by atoms with Crippen LogP contribution in [0.3, 0.4) is 0 Å². The Morgan fingerprint density at radius 3 is 2.83 bits per heavy atom. The van der Waals surface area contributed by atoms with Gasteiger partial charge in [-0.3, -0.25) is 0 Å². The molecule has 2 rings (SSSR count). The van der Waals surface area contributed by atoms with Gasteiger partial charge in [0.15, 0.2) is 0 Å². The molecule has 0 aliphatic heterocycles. The highest BCUT2D eigenvalue weighted by atomic mass is 16.5. The zero-order valence-electron chi connectivity index (χ0n) is 11.1. The predicted octanol–water partition coefficient (Wildman–Crippen LogP) is 2.34. The van der Waals surface area contributed by atoms with E-state index in [0.29, 0.717) is 18.6 Å². The molecule has 0 spiro atoms. The second kappa shape index (κ2) is 6.76. The van der Waals surface area contributed by atoms with Crippen LogP contribution in [0.5, 0.6) is 5.75 Å². The molecule has 2 unspecified atom stereocenters. The summed E-state index contributed by atoms with van der Waals surface area (Å²) >= 11 is 0. The predicted molar refractivity (Wildman–Crippen MR) is 72.7 cm³/mol. The average molecular weight is 249 g/mol. The summed E-state index contributed by atoms with van der Waals surface area (Å²) in [5.41, 5.74) is 1.18. The van der Waals surface area contributed by atoms with Gasteiger partial charge in [-0.15, -0.1) is 0 Å². The van der Waals surface area contributed by atoms with Crippen LogP contribution < -0.4 is 10.1 Å². The summed E-state index contributed by atoms with van der Waals surface area (Å²) in [6.07, 6.45) is 4.82. The zero-order chi connectivity index (χ0) is 12.8. The van der Waals surface area contributed by atoms with Gasteiger partial charge in [0.1, 0.15) is 5.75 Å². The van der Waals surface area contributed by atoms with E-state index in [1.807, 2.05) is 18.2 Å². The molecule has 1 saturated carbocycles. The lowest BCUT2D eigenvalue weighted by Crippen LogP contribution is -2.39. The van der Waals surface area contributed by atoms with E-state index in [0.717, 1.165) is 18.7 Å². The van der Waals surface area contributed by atoms with Crippen LogP contribution in [0.2, 0.25) is 0 Å². The smallest absolute Gasteiger partial charge is 0.123 e. The maximum Gasteiger partial charge on any atom is 0.123 e. The molecule has 1 aromatic carbocycles. The van der Waals surface area contributed by atoms with E-state index in [-0.39, 0.29) is 0 Å². The van der Waals surface area contributed by atoms with Crippen LogP contribution in [0.4, 0.5) is 0 Å².